The average molecular weight is 699 g/mol. The predicted octanol–water partition coefficient (Wildman–Crippen LogP) is 4.28. The number of benzene rings is 2. The van der Waals surface area contributed by atoms with Gasteiger partial charge in [-0.3, -0.25) is 24.2 Å². The highest BCUT2D eigenvalue weighted by Gasteiger charge is 2.48. The molecule has 1 aliphatic carbocycles. The molecular weight excluding hydrogens is 671 g/mol. The van der Waals surface area contributed by atoms with E-state index in [-0.39, 0.29) is 36.7 Å². The fourth-order valence-electron chi connectivity index (χ4n) is 5.52. The summed E-state index contributed by atoms with van der Waals surface area (Å²) in [7, 11) is 0. The summed E-state index contributed by atoms with van der Waals surface area (Å²) in [6, 6.07) is 15.7. The highest BCUT2D eigenvalue weighted by atomic mass is 127. The van der Waals surface area contributed by atoms with Crippen LogP contribution in [0.5, 0.6) is 0 Å². The minimum Gasteiger partial charge on any atom is -0.396 e. The highest BCUT2D eigenvalue weighted by molar-refractivity contribution is 14.1. The summed E-state index contributed by atoms with van der Waals surface area (Å²) < 4.78 is 28.1. The number of alkyl halides is 2. The molecule has 2 heterocycles. The van der Waals surface area contributed by atoms with Gasteiger partial charge < -0.3 is 10.4 Å². The normalized spacial score (nSPS) is 18.4. The Morgan fingerprint density at radius 2 is 1.95 bits per heavy atom. The molecule has 3 aromatic rings. The number of amides is 3. The van der Waals surface area contributed by atoms with E-state index in [1.54, 1.807) is 48.5 Å². The van der Waals surface area contributed by atoms with Gasteiger partial charge in [0.1, 0.15) is 17.9 Å². The van der Waals surface area contributed by atoms with Gasteiger partial charge >= 0.3 is 0 Å². The Hall–Kier alpha value is -3.96. The molecule has 3 amide bonds. The third-order valence-corrected chi connectivity index (χ3v) is 8.57. The minimum absolute atomic E-state index is 0.0458. The van der Waals surface area contributed by atoms with Crippen molar-refractivity contribution >= 4 is 51.8 Å². The number of carbonyl (C=O) groups is 3. The zero-order valence-corrected chi connectivity index (χ0v) is 25.1. The lowest BCUT2D eigenvalue weighted by molar-refractivity contribution is -0.133. The summed E-state index contributed by atoms with van der Waals surface area (Å²) in [4.78, 5) is 48.7. The monoisotopic (exact) mass is 699 g/mol. The van der Waals surface area contributed by atoms with Crippen LogP contribution in [0.25, 0.3) is 0 Å². The SMILES string of the molecule is N#Cc1ccnc(N2C(=O)CC[C@H]2C(=O)N(c2cccc(CCO)c2)[C@H](C(=O)NC2CC(F)(F)C2)c2ccccc2I)c1. The van der Waals surface area contributed by atoms with Gasteiger partial charge in [0.15, 0.2) is 0 Å². The van der Waals surface area contributed by atoms with E-state index >= 15 is 0 Å². The minimum atomic E-state index is -2.86. The maximum atomic E-state index is 14.7. The number of hydrogen-bond donors (Lipinski definition) is 2. The van der Waals surface area contributed by atoms with Crippen LogP contribution >= 0.6 is 22.6 Å². The molecule has 1 aromatic heterocycles. The molecule has 0 radical (unpaired) electrons. The van der Waals surface area contributed by atoms with Gasteiger partial charge in [0, 0.05) is 47.4 Å². The number of pyridine rings is 1. The summed E-state index contributed by atoms with van der Waals surface area (Å²) in [5.41, 5.74) is 1.79. The average Bonchev–Trinajstić information content (AvgIpc) is 3.36. The Kier molecular flexibility index (Phi) is 9.03. The van der Waals surface area contributed by atoms with E-state index < -0.39 is 48.7 Å². The number of nitriles is 1. The second kappa shape index (κ2) is 12.7. The van der Waals surface area contributed by atoms with E-state index in [4.69, 9.17) is 0 Å². The first-order valence-corrected chi connectivity index (χ1v) is 14.8. The standard InChI is InChI=1S/C31H28F2IN5O4/c32-31(33)16-21(17-31)37-29(42)28(23-6-1-2-7-24(23)34)38(22-5-3-4-19(14-22)11-13-40)30(43)25-8-9-27(41)39(25)26-15-20(18-35)10-12-36-26/h1-7,10,12,14-15,21,25,28,40H,8-9,11,13,16-17H2,(H,37,42)/t25-,28-/m0/s1. The van der Waals surface area contributed by atoms with Crippen LogP contribution in [-0.4, -0.2) is 52.4 Å². The predicted molar refractivity (Wildman–Crippen MR) is 162 cm³/mol. The van der Waals surface area contributed by atoms with Crippen LogP contribution in [0.3, 0.4) is 0 Å². The van der Waals surface area contributed by atoms with Crippen LogP contribution in [0.2, 0.25) is 0 Å². The third kappa shape index (κ3) is 6.52. The van der Waals surface area contributed by atoms with Crippen molar-refractivity contribution in [3.63, 3.8) is 0 Å². The first-order chi connectivity index (χ1) is 20.6. The van der Waals surface area contributed by atoms with Gasteiger partial charge in [-0.15, -0.1) is 0 Å². The first kappa shape index (κ1) is 30.5. The lowest BCUT2D eigenvalue weighted by Crippen LogP contribution is -2.56. The summed E-state index contributed by atoms with van der Waals surface area (Å²) >= 11 is 2.06. The number of aliphatic hydroxyl groups is 1. The maximum Gasteiger partial charge on any atom is 0.252 e. The van der Waals surface area contributed by atoms with Crippen LogP contribution in [0.15, 0.2) is 66.9 Å². The van der Waals surface area contributed by atoms with Crippen molar-refractivity contribution in [2.24, 2.45) is 0 Å². The van der Waals surface area contributed by atoms with Gasteiger partial charge in [-0.05, 0) is 76.9 Å². The van der Waals surface area contributed by atoms with Crippen LogP contribution in [-0.2, 0) is 20.8 Å². The van der Waals surface area contributed by atoms with Crippen molar-refractivity contribution in [3.05, 3.63) is 87.1 Å². The summed E-state index contributed by atoms with van der Waals surface area (Å²) in [5.74, 6) is -4.29. The van der Waals surface area contributed by atoms with Gasteiger partial charge in [-0.25, -0.2) is 13.8 Å². The molecule has 2 fully saturated rings. The van der Waals surface area contributed by atoms with Crippen molar-refractivity contribution < 1.29 is 28.3 Å². The molecule has 1 saturated heterocycles. The number of nitrogens with one attached hydrogen (secondary N) is 1. The molecule has 0 unspecified atom stereocenters. The van der Waals surface area contributed by atoms with Gasteiger partial charge in [0.05, 0.1) is 11.6 Å². The molecular formula is C31H28F2IN5O4. The summed E-state index contributed by atoms with van der Waals surface area (Å²) in [6.45, 7) is -0.139. The van der Waals surface area contributed by atoms with Crippen molar-refractivity contribution in [3.8, 4) is 6.07 Å². The zero-order chi connectivity index (χ0) is 30.7. The second-order valence-corrected chi connectivity index (χ2v) is 11.7. The second-order valence-electron chi connectivity index (χ2n) is 10.6. The Bertz CT molecular complexity index is 1590. The zero-order valence-electron chi connectivity index (χ0n) is 22.9. The lowest BCUT2D eigenvalue weighted by Gasteiger charge is -2.39. The van der Waals surface area contributed by atoms with Crippen molar-refractivity contribution in [1.29, 1.82) is 5.26 Å². The van der Waals surface area contributed by atoms with E-state index in [1.807, 2.05) is 6.07 Å². The van der Waals surface area contributed by atoms with Crippen LogP contribution in [0, 0.1) is 14.9 Å². The van der Waals surface area contributed by atoms with Crippen LogP contribution < -0.4 is 15.1 Å². The van der Waals surface area contributed by atoms with Crippen LogP contribution in [0.1, 0.15) is 48.4 Å². The van der Waals surface area contributed by atoms with Gasteiger partial charge in [0.25, 0.3) is 11.8 Å². The molecule has 12 heteroatoms. The fraction of sp³-hybridized carbons (Fsp3) is 0.323. The molecule has 9 nitrogen and oxygen atoms in total. The maximum absolute atomic E-state index is 14.7. The topological polar surface area (TPSA) is 127 Å². The van der Waals surface area contributed by atoms with Crippen molar-refractivity contribution in [1.82, 2.24) is 10.3 Å². The molecule has 2 aromatic carbocycles. The molecule has 0 spiro atoms. The van der Waals surface area contributed by atoms with E-state index in [9.17, 15) is 33.5 Å². The molecule has 43 heavy (non-hydrogen) atoms. The molecule has 2 atom stereocenters. The fourth-order valence-corrected chi connectivity index (χ4v) is 6.20. The van der Waals surface area contributed by atoms with E-state index in [0.29, 0.717) is 26.8 Å². The number of aromatic nitrogens is 1. The smallest absolute Gasteiger partial charge is 0.252 e. The number of carbonyl (C=O) groups excluding carboxylic acids is 3. The van der Waals surface area contributed by atoms with Crippen molar-refractivity contribution in [2.75, 3.05) is 16.4 Å². The van der Waals surface area contributed by atoms with Gasteiger partial charge in [0.2, 0.25) is 11.8 Å². The number of anilines is 2. The summed E-state index contributed by atoms with van der Waals surface area (Å²) in [6.07, 6.45) is 0.869. The molecule has 222 valence electrons. The summed E-state index contributed by atoms with van der Waals surface area (Å²) in [5, 5.41) is 21.7. The highest BCUT2D eigenvalue weighted by Crippen LogP contribution is 2.39. The Morgan fingerprint density at radius 1 is 1.19 bits per heavy atom. The number of nitrogens with zero attached hydrogens (tertiary/aromatic N) is 4. The Labute approximate surface area is 260 Å². The van der Waals surface area contributed by atoms with E-state index in [1.165, 1.54) is 28.1 Å². The Balaban J connectivity index is 1.62. The van der Waals surface area contributed by atoms with E-state index in [2.05, 4.69) is 32.9 Å². The lowest BCUT2D eigenvalue weighted by atomic mass is 9.87. The first-order valence-electron chi connectivity index (χ1n) is 13.8. The van der Waals surface area contributed by atoms with E-state index in [0.717, 1.165) is 0 Å². The van der Waals surface area contributed by atoms with Crippen molar-refractivity contribution in [2.45, 2.75) is 56.2 Å². The molecule has 0 bridgehead atoms. The third-order valence-electron chi connectivity index (χ3n) is 7.59. The van der Waals surface area contributed by atoms with Gasteiger partial charge in [-0.1, -0.05) is 30.3 Å². The Morgan fingerprint density at radius 3 is 2.65 bits per heavy atom. The number of rotatable bonds is 9. The molecule has 1 saturated carbocycles. The molecule has 2 N–H and O–H groups in total. The number of aliphatic hydroxyl groups excluding tert-OH is 1. The number of hydrogen-bond acceptors (Lipinski definition) is 6. The molecule has 5 rings (SSSR count). The van der Waals surface area contributed by atoms with Crippen LogP contribution in [0.4, 0.5) is 20.3 Å². The van der Waals surface area contributed by atoms with Gasteiger partial charge in [-0.2, -0.15) is 5.26 Å². The molecule has 2 aliphatic rings. The number of halogens is 3. The molecule has 1 aliphatic heterocycles. The largest absolute Gasteiger partial charge is 0.396 e. The quantitative estimate of drug-likeness (QED) is 0.322.